The Balaban J connectivity index is 1.58. The molecule has 5 nitrogen and oxygen atoms in total. The van der Waals surface area contributed by atoms with Gasteiger partial charge in [0.05, 0.1) is 5.69 Å². The molecular weight excluding hydrogens is 310 g/mol. The molecule has 1 aromatic heterocycles. The van der Waals surface area contributed by atoms with Gasteiger partial charge in [-0.15, -0.1) is 11.3 Å². The van der Waals surface area contributed by atoms with E-state index in [0.717, 1.165) is 30.8 Å². The van der Waals surface area contributed by atoms with Gasteiger partial charge in [0.2, 0.25) is 11.8 Å². The van der Waals surface area contributed by atoms with Crippen LogP contribution < -0.4 is 5.32 Å². The van der Waals surface area contributed by atoms with Crippen molar-refractivity contribution in [2.75, 3.05) is 18.4 Å². The van der Waals surface area contributed by atoms with Gasteiger partial charge in [-0.25, -0.2) is 4.98 Å². The number of anilines is 1. The molecule has 1 saturated heterocycles. The molecule has 1 aliphatic heterocycles. The molecule has 126 valence electrons. The van der Waals surface area contributed by atoms with Crippen molar-refractivity contribution in [3.05, 3.63) is 10.6 Å². The van der Waals surface area contributed by atoms with Crippen LogP contribution in [0.15, 0.2) is 0 Å². The smallest absolute Gasteiger partial charge is 0.229 e. The predicted molar refractivity (Wildman–Crippen MR) is 91.6 cm³/mol. The van der Waals surface area contributed by atoms with Crippen LogP contribution in [0, 0.1) is 5.92 Å². The molecule has 1 aromatic rings. The maximum atomic E-state index is 12.4. The third-order valence-electron chi connectivity index (χ3n) is 4.89. The number of carbonyl (C=O) groups excluding carboxylic acids is 2. The van der Waals surface area contributed by atoms with Crippen LogP contribution >= 0.6 is 11.3 Å². The first kappa shape index (κ1) is 16.4. The molecule has 2 aliphatic rings. The van der Waals surface area contributed by atoms with Crippen molar-refractivity contribution in [2.24, 2.45) is 5.92 Å². The summed E-state index contributed by atoms with van der Waals surface area (Å²) in [6, 6.07) is 0. The number of hydrogen-bond acceptors (Lipinski definition) is 4. The zero-order chi connectivity index (χ0) is 16.2. The summed E-state index contributed by atoms with van der Waals surface area (Å²) in [5, 5.41) is 3.78. The third-order valence-corrected chi connectivity index (χ3v) is 5.96. The second-order valence-corrected chi connectivity index (χ2v) is 7.66. The molecule has 0 saturated carbocycles. The molecule has 0 spiro atoms. The van der Waals surface area contributed by atoms with Crippen LogP contribution in [-0.2, 0) is 22.4 Å². The van der Waals surface area contributed by atoms with Gasteiger partial charge in [0.15, 0.2) is 5.13 Å². The fourth-order valence-electron chi connectivity index (χ4n) is 3.42. The van der Waals surface area contributed by atoms with Gasteiger partial charge in [0.1, 0.15) is 0 Å². The molecule has 0 atom stereocenters. The van der Waals surface area contributed by atoms with Gasteiger partial charge in [-0.05, 0) is 38.5 Å². The van der Waals surface area contributed by atoms with Crippen LogP contribution in [0.1, 0.15) is 56.0 Å². The highest BCUT2D eigenvalue weighted by Gasteiger charge is 2.27. The molecule has 1 fully saturated rings. The average Bonchev–Trinajstić information content (AvgIpc) is 2.88. The third kappa shape index (κ3) is 4.10. The molecule has 6 heteroatoms. The fourth-order valence-corrected chi connectivity index (χ4v) is 4.48. The number of likely N-dealkylation sites (tertiary alicyclic amines) is 1. The Labute approximate surface area is 141 Å². The second-order valence-electron chi connectivity index (χ2n) is 6.57. The largest absolute Gasteiger partial charge is 0.343 e. The molecule has 3 rings (SSSR count). The summed E-state index contributed by atoms with van der Waals surface area (Å²) in [5.41, 5.74) is 1.19. The molecule has 1 aliphatic carbocycles. The highest BCUT2D eigenvalue weighted by Crippen LogP contribution is 2.29. The van der Waals surface area contributed by atoms with E-state index in [4.69, 9.17) is 0 Å². The minimum Gasteiger partial charge on any atom is -0.343 e. The number of hydrogen-bond donors (Lipinski definition) is 1. The van der Waals surface area contributed by atoms with E-state index in [1.165, 1.54) is 36.3 Å². The number of aryl methyl sites for hydroxylation is 2. The number of nitrogens with one attached hydrogen (secondary N) is 1. The SMILES string of the molecule is CC(=O)N1CCC(C(=O)Nc2nc3c(s2)CCCCCC3)CC1. The minimum absolute atomic E-state index is 0.00270. The lowest BCUT2D eigenvalue weighted by atomic mass is 9.96. The van der Waals surface area contributed by atoms with Crippen molar-refractivity contribution in [3.8, 4) is 0 Å². The number of carbonyl (C=O) groups is 2. The number of nitrogens with zero attached hydrogens (tertiary/aromatic N) is 2. The van der Waals surface area contributed by atoms with Crippen molar-refractivity contribution in [1.82, 2.24) is 9.88 Å². The van der Waals surface area contributed by atoms with Crippen LogP contribution in [0.3, 0.4) is 0 Å². The molecule has 0 bridgehead atoms. The first-order valence-corrected chi connectivity index (χ1v) is 9.50. The van der Waals surface area contributed by atoms with Crippen molar-refractivity contribution in [2.45, 2.75) is 58.3 Å². The normalized spacial score (nSPS) is 19.6. The van der Waals surface area contributed by atoms with Crippen molar-refractivity contribution in [3.63, 3.8) is 0 Å². The quantitative estimate of drug-likeness (QED) is 0.904. The number of rotatable bonds is 2. The number of piperidine rings is 1. The molecule has 1 N–H and O–H groups in total. The number of thiazole rings is 1. The maximum absolute atomic E-state index is 12.4. The Morgan fingerprint density at radius 3 is 2.52 bits per heavy atom. The van der Waals surface area contributed by atoms with Gasteiger partial charge in [0, 0.05) is 30.8 Å². The molecule has 0 unspecified atom stereocenters. The Kier molecular flexibility index (Phi) is 5.30. The standard InChI is InChI=1S/C17H25N3O2S/c1-12(21)20-10-8-13(9-11-20)16(22)19-17-18-14-6-4-2-3-5-7-15(14)23-17/h13H,2-11H2,1H3,(H,18,19,22). The van der Waals surface area contributed by atoms with E-state index in [-0.39, 0.29) is 17.7 Å². The topological polar surface area (TPSA) is 62.3 Å². The Bertz CT molecular complexity index is 551. The van der Waals surface area contributed by atoms with Gasteiger partial charge in [-0.1, -0.05) is 12.8 Å². The predicted octanol–water partition coefficient (Wildman–Crippen LogP) is 3.00. The zero-order valence-corrected chi connectivity index (χ0v) is 14.6. The monoisotopic (exact) mass is 335 g/mol. The Morgan fingerprint density at radius 2 is 1.83 bits per heavy atom. The number of fused-ring (bicyclic) bond motifs is 1. The summed E-state index contributed by atoms with van der Waals surface area (Å²) in [4.78, 5) is 31.6. The summed E-state index contributed by atoms with van der Waals surface area (Å²) in [5.74, 6) is 0.163. The number of aromatic nitrogens is 1. The van der Waals surface area contributed by atoms with E-state index in [1.807, 2.05) is 4.90 Å². The summed E-state index contributed by atoms with van der Waals surface area (Å²) in [7, 11) is 0. The number of amides is 2. The zero-order valence-electron chi connectivity index (χ0n) is 13.8. The molecular formula is C17H25N3O2S. The molecule has 0 aromatic carbocycles. The molecule has 0 radical (unpaired) electrons. The van der Waals surface area contributed by atoms with Gasteiger partial charge in [0.25, 0.3) is 0 Å². The highest BCUT2D eigenvalue weighted by atomic mass is 32.1. The van der Waals surface area contributed by atoms with E-state index in [2.05, 4.69) is 10.3 Å². The molecule has 23 heavy (non-hydrogen) atoms. The first-order chi connectivity index (χ1) is 11.1. The van der Waals surface area contributed by atoms with Crippen LogP contribution in [0.4, 0.5) is 5.13 Å². The fraction of sp³-hybridized carbons (Fsp3) is 0.706. The van der Waals surface area contributed by atoms with E-state index < -0.39 is 0 Å². The average molecular weight is 335 g/mol. The lowest BCUT2D eigenvalue weighted by Gasteiger charge is -2.30. The van der Waals surface area contributed by atoms with Crippen LogP contribution in [-0.4, -0.2) is 34.8 Å². The minimum atomic E-state index is -0.00270. The van der Waals surface area contributed by atoms with Crippen molar-refractivity contribution >= 4 is 28.3 Å². The van der Waals surface area contributed by atoms with E-state index in [1.54, 1.807) is 18.3 Å². The second kappa shape index (κ2) is 7.43. The van der Waals surface area contributed by atoms with Gasteiger partial charge < -0.3 is 10.2 Å². The van der Waals surface area contributed by atoms with Crippen LogP contribution in [0.25, 0.3) is 0 Å². The van der Waals surface area contributed by atoms with Gasteiger partial charge in [-0.2, -0.15) is 0 Å². The molecule has 2 heterocycles. The maximum Gasteiger partial charge on any atom is 0.229 e. The summed E-state index contributed by atoms with van der Waals surface area (Å²) in [6.07, 6.45) is 8.65. The lowest BCUT2D eigenvalue weighted by molar-refractivity contribution is -0.132. The highest BCUT2D eigenvalue weighted by molar-refractivity contribution is 7.15. The summed E-state index contributed by atoms with van der Waals surface area (Å²) >= 11 is 1.65. The summed E-state index contributed by atoms with van der Waals surface area (Å²) in [6.45, 7) is 2.95. The van der Waals surface area contributed by atoms with Crippen LogP contribution in [0.2, 0.25) is 0 Å². The van der Waals surface area contributed by atoms with E-state index in [0.29, 0.717) is 13.1 Å². The lowest BCUT2D eigenvalue weighted by Crippen LogP contribution is -2.40. The van der Waals surface area contributed by atoms with E-state index >= 15 is 0 Å². The van der Waals surface area contributed by atoms with E-state index in [9.17, 15) is 9.59 Å². The van der Waals surface area contributed by atoms with Gasteiger partial charge >= 0.3 is 0 Å². The Hall–Kier alpha value is -1.43. The van der Waals surface area contributed by atoms with Crippen molar-refractivity contribution in [1.29, 1.82) is 0 Å². The Morgan fingerprint density at radius 1 is 1.13 bits per heavy atom. The van der Waals surface area contributed by atoms with Crippen LogP contribution in [0.5, 0.6) is 0 Å². The molecule has 2 amide bonds. The summed E-state index contributed by atoms with van der Waals surface area (Å²) < 4.78 is 0. The van der Waals surface area contributed by atoms with Crippen molar-refractivity contribution < 1.29 is 9.59 Å². The first-order valence-electron chi connectivity index (χ1n) is 8.68. The van der Waals surface area contributed by atoms with Gasteiger partial charge in [-0.3, -0.25) is 9.59 Å².